The highest BCUT2D eigenvalue weighted by atomic mass is 15.2. The molecule has 0 radical (unpaired) electrons. The van der Waals surface area contributed by atoms with E-state index in [1.54, 1.807) is 0 Å². The molecule has 0 saturated heterocycles. The van der Waals surface area contributed by atoms with Crippen molar-refractivity contribution in [2.24, 2.45) is 11.8 Å². The lowest BCUT2D eigenvalue weighted by Gasteiger charge is -2.25. The van der Waals surface area contributed by atoms with Gasteiger partial charge in [-0.25, -0.2) is 4.98 Å². The second kappa shape index (κ2) is 5.64. The molecule has 3 rings (SSSR count). The Bertz CT molecular complexity index is 359. The second-order valence-corrected chi connectivity index (χ2v) is 6.99. The van der Waals surface area contributed by atoms with Gasteiger partial charge in [-0.15, -0.1) is 0 Å². The van der Waals surface area contributed by atoms with Crippen LogP contribution in [-0.4, -0.2) is 15.2 Å². The fraction of sp³-hybridized carbons (Fsp3) is 0.875. The second-order valence-electron chi connectivity index (χ2n) is 6.99. The molecule has 0 bridgehead atoms. The number of rotatable bonds is 2. The van der Waals surface area contributed by atoms with E-state index < -0.39 is 0 Å². The van der Waals surface area contributed by atoms with E-state index >= 15 is 0 Å². The molecule has 0 spiro atoms. The van der Waals surface area contributed by atoms with E-state index in [1.165, 1.54) is 57.2 Å². The SMILES string of the molecule is CC1CCC(c2n[nH]c(C3CCC(C)CC3)n2)CC1. The molecule has 2 aliphatic carbocycles. The lowest BCUT2D eigenvalue weighted by atomic mass is 9.82. The van der Waals surface area contributed by atoms with Gasteiger partial charge in [0.25, 0.3) is 0 Å². The summed E-state index contributed by atoms with van der Waals surface area (Å²) in [5, 5.41) is 7.76. The van der Waals surface area contributed by atoms with Crippen LogP contribution in [0.4, 0.5) is 0 Å². The van der Waals surface area contributed by atoms with Crippen molar-refractivity contribution in [2.75, 3.05) is 0 Å². The molecule has 2 saturated carbocycles. The molecule has 0 aromatic carbocycles. The largest absolute Gasteiger partial charge is 0.263 e. The van der Waals surface area contributed by atoms with Gasteiger partial charge in [0.2, 0.25) is 0 Å². The summed E-state index contributed by atoms with van der Waals surface area (Å²) in [5.41, 5.74) is 0. The van der Waals surface area contributed by atoms with Gasteiger partial charge in [0.15, 0.2) is 5.82 Å². The van der Waals surface area contributed by atoms with Crippen molar-refractivity contribution in [2.45, 2.75) is 77.0 Å². The topological polar surface area (TPSA) is 41.6 Å². The fourth-order valence-electron chi connectivity index (χ4n) is 3.70. The first kappa shape index (κ1) is 13.1. The van der Waals surface area contributed by atoms with Crippen LogP contribution in [0.2, 0.25) is 0 Å². The molecule has 1 N–H and O–H groups in total. The molecule has 2 fully saturated rings. The van der Waals surface area contributed by atoms with Crippen LogP contribution in [0.1, 0.15) is 88.7 Å². The number of nitrogens with zero attached hydrogens (tertiary/aromatic N) is 2. The molecule has 2 aliphatic rings. The van der Waals surface area contributed by atoms with E-state index in [0.29, 0.717) is 11.8 Å². The maximum absolute atomic E-state index is 4.84. The van der Waals surface area contributed by atoms with Crippen LogP contribution in [0, 0.1) is 11.8 Å². The van der Waals surface area contributed by atoms with Crippen molar-refractivity contribution < 1.29 is 0 Å². The smallest absolute Gasteiger partial charge is 0.153 e. The molecule has 1 aromatic rings. The van der Waals surface area contributed by atoms with Crippen LogP contribution in [0.5, 0.6) is 0 Å². The molecule has 0 unspecified atom stereocenters. The van der Waals surface area contributed by atoms with Crippen molar-refractivity contribution >= 4 is 0 Å². The lowest BCUT2D eigenvalue weighted by Crippen LogP contribution is -2.13. The van der Waals surface area contributed by atoms with Crippen molar-refractivity contribution in [3.8, 4) is 0 Å². The van der Waals surface area contributed by atoms with Crippen LogP contribution in [0.25, 0.3) is 0 Å². The molecule has 106 valence electrons. The van der Waals surface area contributed by atoms with Crippen LogP contribution in [-0.2, 0) is 0 Å². The first-order valence-corrected chi connectivity index (χ1v) is 8.14. The van der Waals surface area contributed by atoms with Crippen LogP contribution in [0.15, 0.2) is 0 Å². The minimum Gasteiger partial charge on any atom is -0.263 e. The maximum atomic E-state index is 4.84. The van der Waals surface area contributed by atoms with Gasteiger partial charge in [-0.05, 0) is 37.5 Å². The van der Waals surface area contributed by atoms with E-state index in [0.717, 1.165) is 17.7 Å². The zero-order valence-electron chi connectivity index (χ0n) is 12.4. The molecule has 1 heterocycles. The van der Waals surface area contributed by atoms with Gasteiger partial charge in [-0.3, -0.25) is 5.10 Å². The summed E-state index contributed by atoms with van der Waals surface area (Å²) in [6, 6.07) is 0. The summed E-state index contributed by atoms with van der Waals surface area (Å²) >= 11 is 0. The Morgan fingerprint density at radius 1 is 0.789 bits per heavy atom. The molecule has 0 amide bonds. The average Bonchev–Trinajstić information content (AvgIpc) is 2.90. The van der Waals surface area contributed by atoms with E-state index in [4.69, 9.17) is 4.98 Å². The highest BCUT2D eigenvalue weighted by Crippen LogP contribution is 2.36. The molecular weight excluding hydrogens is 234 g/mol. The summed E-state index contributed by atoms with van der Waals surface area (Å²) in [4.78, 5) is 4.84. The maximum Gasteiger partial charge on any atom is 0.153 e. The summed E-state index contributed by atoms with van der Waals surface area (Å²) in [6.07, 6.45) is 10.5. The first-order valence-electron chi connectivity index (χ1n) is 8.14. The highest BCUT2D eigenvalue weighted by molar-refractivity contribution is 5.04. The summed E-state index contributed by atoms with van der Waals surface area (Å²) in [5.74, 6) is 5.32. The molecule has 3 nitrogen and oxygen atoms in total. The quantitative estimate of drug-likeness (QED) is 0.857. The molecule has 3 heteroatoms. The fourth-order valence-corrected chi connectivity index (χ4v) is 3.70. The number of aromatic amines is 1. The van der Waals surface area contributed by atoms with Crippen LogP contribution in [0.3, 0.4) is 0 Å². The zero-order valence-corrected chi connectivity index (χ0v) is 12.4. The number of nitrogens with one attached hydrogen (secondary N) is 1. The zero-order chi connectivity index (χ0) is 13.2. The Morgan fingerprint density at radius 2 is 1.32 bits per heavy atom. The third-order valence-electron chi connectivity index (χ3n) is 5.30. The van der Waals surface area contributed by atoms with Gasteiger partial charge in [-0.2, -0.15) is 5.10 Å². The molecular formula is C16H27N3. The lowest BCUT2D eigenvalue weighted by molar-refractivity contribution is 0.335. The van der Waals surface area contributed by atoms with Gasteiger partial charge in [0, 0.05) is 11.8 Å². The third kappa shape index (κ3) is 3.01. The van der Waals surface area contributed by atoms with E-state index in [2.05, 4.69) is 24.0 Å². The van der Waals surface area contributed by atoms with Crippen molar-refractivity contribution in [1.82, 2.24) is 15.2 Å². The van der Waals surface area contributed by atoms with Crippen LogP contribution >= 0.6 is 0 Å². The predicted molar refractivity (Wildman–Crippen MR) is 77.1 cm³/mol. The monoisotopic (exact) mass is 261 g/mol. The van der Waals surface area contributed by atoms with Crippen molar-refractivity contribution in [3.05, 3.63) is 11.6 Å². The molecule has 0 aliphatic heterocycles. The Hall–Kier alpha value is -0.860. The molecule has 19 heavy (non-hydrogen) atoms. The van der Waals surface area contributed by atoms with Crippen molar-refractivity contribution in [3.63, 3.8) is 0 Å². The highest BCUT2D eigenvalue weighted by Gasteiger charge is 2.26. The number of aromatic nitrogens is 3. The van der Waals surface area contributed by atoms with Gasteiger partial charge < -0.3 is 0 Å². The summed E-state index contributed by atoms with van der Waals surface area (Å²) in [6.45, 7) is 4.73. The first-order chi connectivity index (χ1) is 9.22. The van der Waals surface area contributed by atoms with Gasteiger partial charge in [-0.1, -0.05) is 39.5 Å². The predicted octanol–water partition coefficient (Wildman–Crippen LogP) is 4.39. The number of hydrogen-bond donors (Lipinski definition) is 1. The Labute approximate surface area is 116 Å². The number of H-pyrrole nitrogens is 1. The summed E-state index contributed by atoms with van der Waals surface area (Å²) < 4.78 is 0. The minimum atomic E-state index is 0.615. The van der Waals surface area contributed by atoms with Gasteiger partial charge >= 0.3 is 0 Å². The van der Waals surface area contributed by atoms with E-state index in [9.17, 15) is 0 Å². The standard InChI is InChI=1S/C16H27N3/c1-11-3-7-13(8-4-11)15-17-16(19-18-15)14-9-5-12(2)6-10-14/h11-14H,3-10H2,1-2H3,(H,17,18,19). The molecule has 1 aromatic heterocycles. The van der Waals surface area contributed by atoms with E-state index in [1.807, 2.05) is 0 Å². The van der Waals surface area contributed by atoms with Crippen LogP contribution < -0.4 is 0 Å². The van der Waals surface area contributed by atoms with Crippen molar-refractivity contribution in [1.29, 1.82) is 0 Å². The van der Waals surface area contributed by atoms with Gasteiger partial charge in [0.05, 0.1) is 0 Å². The Morgan fingerprint density at radius 3 is 1.89 bits per heavy atom. The minimum absolute atomic E-state index is 0.615. The average molecular weight is 261 g/mol. The summed E-state index contributed by atoms with van der Waals surface area (Å²) in [7, 11) is 0. The molecule has 0 atom stereocenters. The Kier molecular flexibility index (Phi) is 3.90. The number of hydrogen-bond acceptors (Lipinski definition) is 2. The third-order valence-corrected chi connectivity index (χ3v) is 5.30. The normalized spacial score (nSPS) is 36.3. The van der Waals surface area contributed by atoms with E-state index in [-0.39, 0.29) is 0 Å². The van der Waals surface area contributed by atoms with Gasteiger partial charge in [0.1, 0.15) is 5.82 Å². The Balaban J connectivity index is 1.63.